The van der Waals surface area contributed by atoms with Gasteiger partial charge in [0.05, 0.1) is 38.1 Å². The number of ether oxygens (including phenoxy) is 2. The highest BCUT2D eigenvalue weighted by molar-refractivity contribution is 7.47. The van der Waals surface area contributed by atoms with Crippen molar-refractivity contribution in [2.75, 3.05) is 33.0 Å². The lowest BCUT2D eigenvalue weighted by atomic mass is 10.0. The fourth-order valence-corrected chi connectivity index (χ4v) is 6.52. The van der Waals surface area contributed by atoms with Crippen molar-refractivity contribution >= 4 is 13.8 Å². The van der Waals surface area contributed by atoms with Crippen LogP contribution in [0.5, 0.6) is 0 Å². The Morgan fingerprint density at radius 2 is 1.16 bits per heavy atom. The molecule has 0 saturated carbocycles. The Labute approximate surface area is 311 Å². The lowest BCUT2D eigenvalue weighted by Gasteiger charge is -2.20. The van der Waals surface area contributed by atoms with Crippen LogP contribution in [0.25, 0.3) is 0 Å². The van der Waals surface area contributed by atoms with Crippen LogP contribution in [0.2, 0.25) is 0 Å². The molecule has 0 radical (unpaired) electrons. The number of unbranched alkanes of at least 4 members (excludes halogenated alkanes) is 19. The average Bonchev–Trinajstić information content (AvgIpc) is 3.11. The Bertz CT molecular complexity index is 849. The SMILES string of the molecule is CCCCCCCCCCCCCCCCOCC(COP(=O)(O)OCCN)OC(=O)CCCCCCCC(O)/C=C/C(O)C(O)CCCCC. The molecule has 304 valence electrons. The summed E-state index contributed by atoms with van der Waals surface area (Å²) in [6, 6.07) is 0. The standard InChI is InChI=1S/C39H78NO10P/c1-3-5-7-8-9-10-11-12-13-14-15-16-20-24-31-47-33-36(34-49-51(45,46)48-32-30-40)50-39(44)27-23-19-17-18-22-25-35(41)28-29-38(43)37(42)26-21-6-4-2/h28-29,35-38,41-43H,3-27,30-34,40H2,1-2H3,(H,45,46)/b29-28+. The van der Waals surface area contributed by atoms with E-state index in [9.17, 15) is 29.6 Å². The summed E-state index contributed by atoms with van der Waals surface area (Å²) in [5.41, 5.74) is 5.34. The molecule has 0 aliphatic heterocycles. The van der Waals surface area contributed by atoms with E-state index in [1.165, 1.54) is 83.1 Å². The van der Waals surface area contributed by atoms with Gasteiger partial charge in [0.15, 0.2) is 0 Å². The smallest absolute Gasteiger partial charge is 0.457 e. The van der Waals surface area contributed by atoms with Gasteiger partial charge in [-0.1, -0.05) is 154 Å². The molecule has 0 fully saturated rings. The molecule has 5 atom stereocenters. The van der Waals surface area contributed by atoms with Gasteiger partial charge in [-0.15, -0.1) is 0 Å². The van der Waals surface area contributed by atoms with Crippen molar-refractivity contribution in [1.29, 1.82) is 0 Å². The normalized spacial score (nSPS) is 15.5. The number of hydrogen-bond donors (Lipinski definition) is 5. The topological polar surface area (TPSA) is 178 Å². The third kappa shape index (κ3) is 34.6. The predicted molar refractivity (Wildman–Crippen MR) is 205 cm³/mol. The van der Waals surface area contributed by atoms with Crippen LogP contribution in [0.15, 0.2) is 12.2 Å². The number of nitrogens with two attached hydrogens (primary N) is 1. The number of hydrogen-bond acceptors (Lipinski definition) is 10. The van der Waals surface area contributed by atoms with E-state index in [2.05, 4.69) is 13.8 Å². The second-order valence-corrected chi connectivity index (χ2v) is 15.4. The molecule has 0 saturated heterocycles. The van der Waals surface area contributed by atoms with Gasteiger partial charge in [0.1, 0.15) is 6.10 Å². The first-order valence-corrected chi connectivity index (χ1v) is 22.0. The van der Waals surface area contributed by atoms with Gasteiger partial charge in [-0.25, -0.2) is 4.57 Å². The number of aliphatic hydroxyl groups is 3. The predicted octanol–water partition coefficient (Wildman–Crippen LogP) is 8.44. The number of aliphatic hydroxyl groups excluding tert-OH is 3. The van der Waals surface area contributed by atoms with Gasteiger partial charge in [-0.05, 0) is 25.7 Å². The molecule has 0 aromatic rings. The lowest BCUT2D eigenvalue weighted by Crippen LogP contribution is -2.28. The second-order valence-electron chi connectivity index (χ2n) is 14.0. The number of phosphoric acid groups is 1. The molecule has 0 aliphatic rings. The van der Waals surface area contributed by atoms with E-state index >= 15 is 0 Å². The number of carbonyl (C=O) groups is 1. The fourth-order valence-electron chi connectivity index (χ4n) is 5.75. The molecule has 11 nitrogen and oxygen atoms in total. The quantitative estimate of drug-likeness (QED) is 0.0176. The monoisotopic (exact) mass is 752 g/mol. The molecule has 0 rings (SSSR count). The Balaban J connectivity index is 4.22. The van der Waals surface area contributed by atoms with Gasteiger partial charge >= 0.3 is 13.8 Å². The first kappa shape index (κ1) is 50.1. The first-order chi connectivity index (χ1) is 24.6. The zero-order valence-corrected chi connectivity index (χ0v) is 33.3. The maximum atomic E-state index is 12.6. The van der Waals surface area contributed by atoms with Crippen LogP contribution >= 0.6 is 7.82 Å². The molecule has 0 heterocycles. The van der Waals surface area contributed by atoms with E-state index in [1.807, 2.05) is 0 Å². The number of rotatable bonds is 39. The second kappa shape index (κ2) is 36.1. The molecule has 51 heavy (non-hydrogen) atoms. The summed E-state index contributed by atoms with van der Waals surface area (Å²) in [7, 11) is -4.32. The van der Waals surface area contributed by atoms with Crippen molar-refractivity contribution in [2.45, 2.75) is 199 Å². The zero-order valence-electron chi connectivity index (χ0n) is 32.4. The summed E-state index contributed by atoms with van der Waals surface area (Å²) in [5.74, 6) is -0.421. The van der Waals surface area contributed by atoms with E-state index in [0.29, 0.717) is 25.9 Å². The third-order valence-electron chi connectivity index (χ3n) is 8.95. The summed E-state index contributed by atoms with van der Waals surface area (Å²) < 4.78 is 33.2. The highest BCUT2D eigenvalue weighted by atomic mass is 31.2. The largest absolute Gasteiger partial charge is 0.472 e. The number of carbonyl (C=O) groups excluding carboxylic acids is 1. The Kier molecular flexibility index (Phi) is 35.5. The van der Waals surface area contributed by atoms with Gasteiger partial charge in [-0.2, -0.15) is 0 Å². The van der Waals surface area contributed by atoms with E-state index < -0.39 is 38.2 Å². The van der Waals surface area contributed by atoms with Gasteiger partial charge in [0.2, 0.25) is 0 Å². The highest BCUT2D eigenvalue weighted by Gasteiger charge is 2.25. The summed E-state index contributed by atoms with van der Waals surface area (Å²) in [4.78, 5) is 22.4. The van der Waals surface area contributed by atoms with Crippen molar-refractivity contribution in [2.24, 2.45) is 5.73 Å². The molecule has 0 spiro atoms. The summed E-state index contributed by atoms with van der Waals surface area (Å²) in [6.45, 7) is 4.53. The van der Waals surface area contributed by atoms with Crippen LogP contribution in [-0.2, 0) is 27.9 Å². The summed E-state index contributed by atoms with van der Waals surface area (Å²) in [6.07, 6.45) is 25.8. The Morgan fingerprint density at radius 3 is 1.75 bits per heavy atom. The van der Waals surface area contributed by atoms with Crippen molar-refractivity contribution in [1.82, 2.24) is 0 Å². The van der Waals surface area contributed by atoms with E-state index in [-0.39, 0.29) is 32.8 Å². The molecule has 6 N–H and O–H groups in total. The average molecular weight is 752 g/mol. The lowest BCUT2D eigenvalue weighted by molar-refractivity contribution is -0.154. The minimum absolute atomic E-state index is 0.0622. The van der Waals surface area contributed by atoms with Crippen LogP contribution in [0.4, 0.5) is 0 Å². The molecule has 0 aliphatic carbocycles. The van der Waals surface area contributed by atoms with Crippen molar-refractivity contribution in [3.05, 3.63) is 12.2 Å². The third-order valence-corrected chi connectivity index (χ3v) is 9.93. The van der Waals surface area contributed by atoms with Gasteiger partial charge < -0.3 is 35.4 Å². The number of esters is 1. The van der Waals surface area contributed by atoms with E-state index in [4.69, 9.17) is 24.3 Å². The minimum atomic E-state index is -4.32. The molecule has 0 bridgehead atoms. The molecule has 0 amide bonds. The maximum absolute atomic E-state index is 12.6. The Morgan fingerprint density at radius 1 is 0.647 bits per heavy atom. The molecular formula is C39H78NO10P. The van der Waals surface area contributed by atoms with Crippen LogP contribution < -0.4 is 5.73 Å². The minimum Gasteiger partial charge on any atom is -0.457 e. The van der Waals surface area contributed by atoms with E-state index in [0.717, 1.165) is 57.8 Å². The van der Waals surface area contributed by atoms with Crippen LogP contribution in [-0.4, -0.2) is 83.6 Å². The molecule has 5 unspecified atom stereocenters. The maximum Gasteiger partial charge on any atom is 0.472 e. The van der Waals surface area contributed by atoms with Crippen LogP contribution in [0, 0.1) is 0 Å². The first-order valence-electron chi connectivity index (χ1n) is 20.5. The summed E-state index contributed by atoms with van der Waals surface area (Å²) >= 11 is 0. The van der Waals surface area contributed by atoms with Crippen molar-refractivity contribution < 1.29 is 48.1 Å². The fraction of sp³-hybridized carbons (Fsp3) is 0.923. The van der Waals surface area contributed by atoms with Crippen LogP contribution in [0.3, 0.4) is 0 Å². The van der Waals surface area contributed by atoms with E-state index in [1.54, 1.807) is 6.08 Å². The van der Waals surface area contributed by atoms with Gasteiger partial charge in [0, 0.05) is 19.6 Å². The molecule has 12 heteroatoms. The summed E-state index contributed by atoms with van der Waals surface area (Å²) in [5, 5.41) is 30.2. The zero-order chi connectivity index (χ0) is 37.8. The molecule has 0 aromatic carbocycles. The molecular weight excluding hydrogens is 673 g/mol. The molecule has 0 aromatic heterocycles. The Hall–Kier alpha value is -0.880. The van der Waals surface area contributed by atoms with Gasteiger partial charge in [-0.3, -0.25) is 13.8 Å². The number of phosphoric ester groups is 1. The van der Waals surface area contributed by atoms with Gasteiger partial charge in [0.25, 0.3) is 0 Å². The highest BCUT2D eigenvalue weighted by Crippen LogP contribution is 2.43. The van der Waals surface area contributed by atoms with Crippen molar-refractivity contribution in [3.63, 3.8) is 0 Å². The van der Waals surface area contributed by atoms with Crippen LogP contribution in [0.1, 0.15) is 174 Å². The van der Waals surface area contributed by atoms with Crippen molar-refractivity contribution in [3.8, 4) is 0 Å².